The number of rotatable bonds is 4. The lowest BCUT2D eigenvalue weighted by Crippen LogP contribution is -2.40. The quantitative estimate of drug-likeness (QED) is 0.635. The zero-order chi connectivity index (χ0) is 12.3. The first kappa shape index (κ1) is 12.0. The van der Waals surface area contributed by atoms with Crippen LogP contribution < -0.4 is 5.32 Å². The second kappa shape index (κ2) is 5.21. The summed E-state index contributed by atoms with van der Waals surface area (Å²) < 4.78 is 4.83. The van der Waals surface area contributed by atoms with Crippen molar-refractivity contribution in [3.63, 3.8) is 0 Å². The lowest BCUT2D eigenvalue weighted by Gasteiger charge is -2.21. The Hall–Kier alpha value is -1.52. The Balaban J connectivity index is 1.93. The number of nitrogens with zero attached hydrogens (tertiary/aromatic N) is 3. The Labute approximate surface area is 102 Å². The smallest absolute Gasteiger partial charge is 0.194 e. The minimum Gasteiger partial charge on any atom is -0.364 e. The summed E-state index contributed by atoms with van der Waals surface area (Å²) in [5.41, 5.74) is 0.918. The Morgan fingerprint density at radius 1 is 1.71 bits per heavy atom. The molecule has 0 saturated heterocycles. The van der Waals surface area contributed by atoms with Gasteiger partial charge in [-0.05, 0) is 19.3 Å². The van der Waals surface area contributed by atoms with Crippen molar-refractivity contribution in [2.75, 3.05) is 13.6 Å². The van der Waals surface area contributed by atoms with Gasteiger partial charge in [0.25, 0.3) is 0 Å². The number of guanidine groups is 1. The second-order valence-electron chi connectivity index (χ2n) is 4.61. The summed E-state index contributed by atoms with van der Waals surface area (Å²) in [7, 11) is 2.02. The average Bonchev–Trinajstić information content (AvgIpc) is 2.80. The zero-order valence-electron chi connectivity index (χ0n) is 10.7. The molecule has 1 heterocycles. The predicted octanol–water partition coefficient (Wildman–Crippen LogP) is 1.48. The van der Waals surface area contributed by atoms with Crippen molar-refractivity contribution >= 4 is 5.96 Å². The van der Waals surface area contributed by atoms with Gasteiger partial charge in [0.05, 0.1) is 6.54 Å². The fourth-order valence-electron chi connectivity index (χ4n) is 1.75. The fraction of sp³-hybridized carbons (Fsp3) is 0.667. The zero-order valence-corrected chi connectivity index (χ0v) is 10.7. The molecule has 0 aromatic carbocycles. The van der Waals surface area contributed by atoms with Crippen LogP contribution in [0.25, 0.3) is 0 Å². The summed E-state index contributed by atoms with van der Waals surface area (Å²) in [6.07, 6.45) is 2.83. The van der Waals surface area contributed by atoms with Gasteiger partial charge >= 0.3 is 0 Å². The van der Waals surface area contributed by atoms with E-state index >= 15 is 0 Å². The highest BCUT2D eigenvalue weighted by Crippen LogP contribution is 2.29. The Morgan fingerprint density at radius 2 is 2.47 bits per heavy atom. The number of hydrogen-bond acceptors (Lipinski definition) is 3. The molecule has 1 aromatic rings. The first-order valence-electron chi connectivity index (χ1n) is 6.12. The molecule has 2 rings (SSSR count). The van der Waals surface area contributed by atoms with Gasteiger partial charge in [0.1, 0.15) is 12.0 Å². The highest BCUT2D eigenvalue weighted by Gasteiger charge is 2.33. The van der Waals surface area contributed by atoms with Crippen molar-refractivity contribution in [3.8, 4) is 0 Å². The molecular weight excluding hydrogens is 216 g/mol. The van der Waals surface area contributed by atoms with Crippen LogP contribution in [-0.2, 0) is 6.54 Å². The summed E-state index contributed by atoms with van der Waals surface area (Å²) in [6.45, 7) is 5.79. The Kier molecular flexibility index (Phi) is 3.66. The van der Waals surface area contributed by atoms with Gasteiger partial charge in [0.2, 0.25) is 0 Å². The van der Waals surface area contributed by atoms with Crippen molar-refractivity contribution < 1.29 is 4.52 Å². The molecule has 0 aliphatic heterocycles. The molecule has 94 valence electrons. The highest BCUT2D eigenvalue weighted by molar-refractivity contribution is 5.80. The monoisotopic (exact) mass is 236 g/mol. The molecule has 0 radical (unpaired) electrons. The van der Waals surface area contributed by atoms with Gasteiger partial charge in [0.15, 0.2) is 5.96 Å². The first-order chi connectivity index (χ1) is 8.20. The van der Waals surface area contributed by atoms with Crippen molar-refractivity contribution in [2.45, 2.75) is 32.9 Å². The lowest BCUT2D eigenvalue weighted by molar-refractivity contribution is 0.390. The Morgan fingerprint density at radius 3 is 3.00 bits per heavy atom. The molecule has 0 amide bonds. The summed E-state index contributed by atoms with van der Waals surface area (Å²) in [5, 5.41) is 7.38. The van der Waals surface area contributed by atoms with Gasteiger partial charge in [-0.15, -0.1) is 0 Å². The van der Waals surface area contributed by atoms with Crippen molar-refractivity contribution in [3.05, 3.63) is 18.0 Å². The van der Waals surface area contributed by atoms with Crippen LogP contribution in [0.1, 0.15) is 26.0 Å². The maximum absolute atomic E-state index is 4.83. The molecule has 17 heavy (non-hydrogen) atoms. The molecular formula is C12H20N4O. The molecule has 0 spiro atoms. The SMILES string of the molecule is CCN=C(NC1CC1C)N(C)Cc1ccon1. The standard InChI is InChI=1S/C12H20N4O/c1-4-13-12(14-11-7-9(11)2)16(3)8-10-5-6-17-15-10/h5-6,9,11H,4,7-8H2,1-3H3,(H,13,14). The minimum atomic E-state index is 0.583. The van der Waals surface area contributed by atoms with E-state index in [1.165, 1.54) is 6.42 Å². The summed E-state index contributed by atoms with van der Waals surface area (Å²) in [6, 6.07) is 2.46. The third-order valence-corrected chi connectivity index (χ3v) is 2.98. The van der Waals surface area contributed by atoms with Crippen LogP contribution in [0, 0.1) is 5.92 Å². The van der Waals surface area contributed by atoms with Gasteiger partial charge in [0, 0.05) is 25.7 Å². The Bertz CT molecular complexity index is 374. The molecule has 1 aliphatic carbocycles. The van der Waals surface area contributed by atoms with Gasteiger partial charge in [-0.2, -0.15) is 0 Å². The van der Waals surface area contributed by atoms with Gasteiger partial charge < -0.3 is 14.7 Å². The maximum atomic E-state index is 4.83. The fourth-order valence-corrected chi connectivity index (χ4v) is 1.75. The van der Waals surface area contributed by atoms with Crippen molar-refractivity contribution in [2.24, 2.45) is 10.9 Å². The normalized spacial score (nSPS) is 23.6. The topological polar surface area (TPSA) is 53.7 Å². The van der Waals surface area contributed by atoms with Crippen LogP contribution in [0.4, 0.5) is 0 Å². The molecule has 2 atom stereocenters. The lowest BCUT2D eigenvalue weighted by atomic mass is 10.4. The van der Waals surface area contributed by atoms with Gasteiger partial charge in [-0.25, -0.2) is 0 Å². The molecule has 5 nitrogen and oxygen atoms in total. The molecule has 1 N–H and O–H groups in total. The van der Waals surface area contributed by atoms with E-state index in [4.69, 9.17) is 4.52 Å². The maximum Gasteiger partial charge on any atom is 0.194 e. The van der Waals surface area contributed by atoms with E-state index in [1.54, 1.807) is 6.26 Å². The predicted molar refractivity (Wildman–Crippen MR) is 66.7 cm³/mol. The van der Waals surface area contributed by atoms with Crippen LogP contribution in [-0.4, -0.2) is 35.7 Å². The molecule has 2 unspecified atom stereocenters. The molecule has 1 saturated carbocycles. The summed E-state index contributed by atoms with van der Waals surface area (Å²) >= 11 is 0. The third-order valence-electron chi connectivity index (χ3n) is 2.98. The van der Waals surface area contributed by atoms with Gasteiger partial charge in [-0.1, -0.05) is 12.1 Å². The van der Waals surface area contributed by atoms with E-state index in [-0.39, 0.29) is 0 Å². The largest absolute Gasteiger partial charge is 0.364 e. The van der Waals surface area contributed by atoms with Crippen molar-refractivity contribution in [1.29, 1.82) is 0 Å². The van der Waals surface area contributed by atoms with E-state index in [1.807, 2.05) is 20.0 Å². The average molecular weight is 236 g/mol. The van der Waals surface area contributed by atoms with E-state index in [2.05, 4.69) is 27.3 Å². The number of aliphatic imine (C=N–C) groups is 1. The van der Waals surface area contributed by atoms with Crippen LogP contribution in [0.5, 0.6) is 0 Å². The minimum absolute atomic E-state index is 0.583. The van der Waals surface area contributed by atoms with Gasteiger partial charge in [-0.3, -0.25) is 4.99 Å². The van der Waals surface area contributed by atoms with Crippen LogP contribution in [0.3, 0.4) is 0 Å². The number of nitrogens with one attached hydrogen (secondary N) is 1. The molecule has 1 fully saturated rings. The second-order valence-corrected chi connectivity index (χ2v) is 4.61. The number of hydrogen-bond donors (Lipinski definition) is 1. The van der Waals surface area contributed by atoms with E-state index in [0.717, 1.165) is 24.1 Å². The van der Waals surface area contributed by atoms with E-state index in [9.17, 15) is 0 Å². The van der Waals surface area contributed by atoms with Crippen LogP contribution >= 0.6 is 0 Å². The van der Waals surface area contributed by atoms with E-state index in [0.29, 0.717) is 12.6 Å². The highest BCUT2D eigenvalue weighted by atomic mass is 16.5. The van der Waals surface area contributed by atoms with Crippen molar-refractivity contribution in [1.82, 2.24) is 15.4 Å². The van der Waals surface area contributed by atoms with Crippen LogP contribution in [0.2, 0.25) is 0 Å². The molecule has 0 bridgehead atoms. The molecule has 5 heteroatoms. The van der Waals surface area contributed by atoms with Crippen LogP contribution in [0.15, 0.2) is 21.8 Å². The molecule has 1 aromatic heterocycles. The first-order valence-corrected chi connectivity index (χ1v) is 6.12. The summed E-state index contributed by atoms with van der Waals surface area (Å²) in [5.74, 6) is 1.71. The summed E-state index contributed by atoms with van der Waals surface area (Å²) in [4.78, 5) is 6.57. The number of aromatic nitrogens is 1. The molecule has 1 aliphatic rings. The van der Waals surface area contributed by atoms with E-state index < -0.39 is 0 Å². The third kappa shape index (κ3) is 3.22.